The summed E-state index contributed by atoms with van der Waals surface area (Å²) >= 11 is 0. The van der Waals surface area contributed by atoms with E-state index in [2.05, 4.69) is 15.5 Å². The highest BCUT2D eigenvalue weighted by Crippen LogP contribution is 2.14. The Bertz CT molecular complexity index is 538. The molecular weight excluding hydrogens is 356 g/mol. The molecule has 7 heteroatoms. The number of morpholine rings is 1. The van der Waals surface area contributed by atoms with E-state index in [1.807, 2.05) is 12.1 Å². The largest absolute Gasteiger partial charge is 0.469 e. The van der Waals surface area contributed by atoms with Crippen molar-refractivity contribution in [3.8, 4) is 0 Å². The van der Waals surface area contributed by atoms with Gasteiger partial charge in [0.05, 0.1) is 25.6 Å². The molecule has 2 N–H and O–H groups in total. The van der Waals surface area contributed by atoms with Crippen molar-refractivity contribution in [2.45, 2.75) is 44.6 Å². The maximum Gasteiger partial charge on any atom is 0.191 e. The molecule has 0 aliphatic carbocycles. The number of nitrogens with one attached hydrogen (secondary N) is 2. The van der Waals surface area contributed by atoms with Gasteiger partial charge >= 0.3 is 0 Å². The maximum atomic E-state index is 5.83. The Morgan fingerprint density at radius 2 is 2.04 bits per heavy atom. The number of ether oxygens (including phenoxy) is 2. The van der Waals surface area contributed by atoms with Gasteiger partial charge in [-0.1, -0.05) is 0 Å². The summed E-state index contributed by atoms with van der Waals surface area (Å²) in [6.45, 7) is 8.31. The lowest BCUT2D eigenvalue weighted by Gasteiger charge is -2.26. The Hall–Kier alpha value is -1.57. The average Bonchev–Trinajstić information content (AvgIpc) is 3.26. The topological polar surface area (TPSA) is 71.3 Å². The zero-order valence-corrected chi connectivity index (χ0v) is 17.0. The van der Waals surface area contributed by atoms with E-state index >= 15 is 0 Å². The van der Waals surface area contributed by atoms with Crippen molar-refractivity contribution >= 4 is 5.96 Å². The Morgan fingerprint density at radius 3 is 2.82 bits per heavy atom. The predicted molar refractivity (Wildman–Crippen MR) is 111 cm³/mol. The van der Waals surface area contributed by atoms with Crippen LogP contribution in [0.5, 0.6) is 0 Å². The monoisotopic (exact) mass is 392 g/mol. The smallest absolute Gasteiger partial charge is 0.191 e. The van der Waals surface area contributed by atoms with Gasteiger partial charge in [-0.05, 0) is 44.2 Å². The lowest BCUT2D eigenvalue weighted by atomic mass is 10.1. The minimum absolute atomic E-state index is 0.395. The average molecular weight is 393 g/mol. The molecule has 0 aromatic carbocycles. The van der Waals surface area contributed by atoms with Gasteiger partial charge in [0.1, 0.15) is 5.76 Å². The molecule has 28 heavy (non-hydrogen) atoms. The lowest BCUT2D eigenvalue weighted by molar-refractivity contribution is 0.0122. The van der Waals surface area contributed by atoms with E-state index in [0.717, 1.165) is 90.1 Å². The molecule has 2 aliphatic heterocycles. The van der Waals surface area contributed by atoms with Crippen LogP contribution in [0, 0.1) is 0 Å². The molecule has 7 nitrogen and oxygen atoms in total. The van der Waals surface area contributed by atoms with Crippen molar-refractivity contribution in [1.82, 2.24) is 15.5 Å². The van der Waals surface area contributed by atoms with Crippen LogP contribution in [-0.4, -0.2) is 76.1 Å². The van der Waals surface area contributed by atoms with Crippen molar-refractivity contribution in [3.63, 3.8) is 0 Å². The molecule has 1 aromatic heterocycles. The number of rotatable bonds is 10. The van der Waals surface area contributed by atoms with Gasteiger partial charge in [0.2, 0.25) is 0 Å². The molecule has 2 saturated heterocycles. The van der Waals surface area contributed by atoms with Crippen molar-refractivity contribution in [3.05, 3.63) is 24.2 Å². The summed E-state index contributed by atoms with van der Waals surface area (Å²) in [5.74, 6) is 1.89. The van der Waals surface area contributed by atoms with Crippen LogP contribution < -0.4 is 10.6 Å². The Morgan fingerprint density at radius 1 is 1.14 bits per heavy atom. The molecule has 2 fully saturated rings. The molecule has 0 bridgehead atoms. The SMILES string of the molecule is c1coc(CCNC(=NCCCN2CCOCC2)NCCC2CCCCO2)c1. The van der Waals surface area contributed by atoms with Crippen molar-refractivity contribution < 1.29 is 13.9 Å². The molecule has 1 atom stereocenters. The van der Waals surface area contributed by atoms with Crippen LogP contribution >= 0.6 is 0 Å². The molecule has 2 aliphatic rings. The first-order valence-electron chi connectivity index (χ1n) is 10.9. The fourth-order valence-corrected chi connectivity index (χ4v) is 3.63. The van der Waals surface area contributed by atoms with Gasteiger partial charge in [-0.15, -0.1) is 0 Å². The fraction of sp³-hybridized carbons (Fsp3) is 0.762. The number of hydrogen-bond donors (Lipinski definition) is 2. The summed E-state index contributed by atoms with van der Waals surface area (Å²) in [4.78, 5) is 7.23. The lowest BCUT2D eigenvalue weighted by Crippen LogP contribution is -2.40. The van der Waals surface area contributed by atoms with E-state index in [4.69, 9.17) is 18.9 Å². The van der Waals surface area contributed by atoms with E-state index in [9.17, 15) is 0 Å². The first-order chi connectivity index (χ1) is 13.9. The molecule has 1 unspecified atom stereocenters. The van der Waals surface area contributed by atoms with Gasteiger partial charge in [-0.3, -0.25) is 9.89 Å². The first-order valence-corrected chi connectivity index (χ1v) is 10.9. The van der Waals surface area contributed by atoms with Crippen LogP contribution in [0.15, 0.2) is 27.8 Å². The molecule has 0 radical (unpaired) electrons. The Balaban J connectivity index is 1.37. The standard InChI is InChI=1S/C21H36N4O3/c1-2-15-27-19(5-1)7-10-23-21(24-11-8-20-6-3-16-28-20)22-9-4-12-25-13-17-26-18-14-25/h3,6,16,19H,1-2,4-5,7-15,17-18H2,(H2,22,23,24). The first kappa shape index (κ1) is 21.1. The third kappa shape index (κ3) is 8.20. The maximum absolute atomic E-state index is 5.83. The molecule has 158 valence electrons. The number of hydrogen-bond acceptors (Lipinski definition) is 5. The summed E-state index contributed by atoms with van der Waals surface area (Å²) < 4.78 is 16.6. The second-order valence-electron chi connectivity index (χ2n) is 7.50. The van der Waals surface area contributed by atoms with Gasteiger partial charge in [0.15, 0.2) is 5.96 Å². The van der Waals surface area contributed by atoms with Gasteiger partial charge < -0.3 is 24.5 Å². The molecule has 1 aromatic rings. The molecule has 3 heterocycles. The summed E-state index contributed by atoms with van der Waals surface area (Å²) in [6, 6.07) is 3.94. The summed E-state index contributed by atoms with van der Waals surface area (Å²) in [5.41, 5.74) is 0. The van der Waals surface area contributed by atoms with Gasteiger partial charge in [-0.2, -0.15) is 0 Å². The number of guanidine groups is 1. The second-order valence-corrected chi connectivity index (χ2v) is 7.50. The van der Waals surface area contributed by atoms with Crippen molar-refractivity contribution in [2.75, 3.05) is 59.1 Å². The Kier molecular flexibility index (Phi) is 9.67. The van der Waals surface area contributed by atoms with Crippen molar-refractivity contribution in [2.24, 2.45) is 4.99 Å². The number of aliphatic imine (C=N–C) groups is 1. The van der Waals surface area contributed by atoms with E-state index in [0.29, 0.717) is 6.10 Å². The molecular formula is C21H36N4O3. The predicted octanol–water partition coefficient (Wildman–Crippen LogP) is 2.04. The van der Waals surface area contributed by atoms with Crippen LogP contribution in [0.2, 0.25) is 0 Å². The minimum atomic E-state index is 0.395. The second kappa shape index (κ2) is 12.8. The fourth-order valence-electron chi connectivity index (χ4n) is 3.63. The van der Waals surface area contributed by atoms with Crippen LogP contribution in [0.3, 0.4) is 0 Å². The zero-order chi connectivity index (χ0) is 19.3. The molecule has 0 spiro atoms. The summed E-state index contributed by atoms with van der Waals surface area (Å²) in [6.07, 6.45) is 8.74. The molecule has 3 rings (SSSR count). The minimum Gasteiger partial charge on any atom is -0.469 e. The quantitative estimate of drug-likeness (QED) is 0.361. The van der Waals surface area contributed by atoms with E-state index in [-0.39, 0.29) is 0 Å². The third-order valence-corrected chi connectivity index (χ3v) is 5.28. The summed E-state index contributed by atoms with van der Waals surface area (Å²) in [5, 5.41) is 6.92. The van der Waals surface area contributed by atoms with Crippen molar-refractivity contribution in [1.29, 1.82) is 0 Å². The normalized spacial score (nSPS) is 21.6. The number of furan rings is 1. The molecule has 0 saturated carbocycles. The number of nitrogens with zero attached hydrogens (tertiary/aromatic N) is 2. The van der Waals surface area contributed by atoms with E-state index < -0.39 is 0 Å². The highest BCUT2D eigenvalue weighted by atomic mass is 16.5. The summed E-state index contributed by atoms with van der Waals surface area (Å²) in [7, 11) is 0. The molecule has 0 amide bonds. The van der Waals surface area contributed by atoms with Crippen LogP contribution in [0.25, 0.3) is 0 Å². The van der Waals surface area contributed by atoms with Gasteiger partial charge in [0.25, 0.3) is 0 Å². The zero-order valence-electron chi connectivity index (χ0n) is 17.0. The van der Waals surface area contributed by atoms with Crippen LogP contribution in [0.4, 0.5) is 0 Å². The van der Waals surface area contributed by atoms with Crippen LogP contribution in [-0.2, 0) is 15.9 Å². The highest BCUT2D eigenvalue weighted by molar-refractivity contribution is 5.79. The highest BCUT2D eigenvalue weighted by Gasteiger charge is 2.13. The third-order valence-electron chi connectivity index (χ3n) is 5.28. The van der Waals surface area contributed by atoms with E-state index in [1.54, 1.807) is 6.26 Å². The van der Waals surface area contributed by atoms with Gasteiger partial charge in [-0.25, -0.2) is 0 Å². The van der Waals surface area contributed by atoms with E-state index in [1.165, 1.54) is 19.3 Å². The van der Waals surface area contributed by atoms with Crippen LogP contribution in [0.1, 0.15) is 37.9 Å². The van der Waals surface area contributed by atoms with Gasteiger partial charge in [0, 0.05) is 52.3 Å². The Labute approximate surface area is 168 Å².